The molecule has 0 aromatic carbocycles. The highest BCUT2D eigenvalue weighted by Crippen LogP contribution is 2.37. The maximum absolute atomic E-state index is 5.67. The second-order valence-corrected chi connectivity index (χ2v) is 3.98. The summed E-state index contributed by atoms with van der Waals surface area (Å²) in [5, 5.41) is 0. The quantitative estimate of drug-likeness (QED) is 0.582. The minimum absolute atomic E-state index is 0.108. The molecule has 0 aliphatic carbocycles. The van der Waals surface area contributed by atoms with Gasteiger partial charge in [0.25, 0.3) is 0 Å². The lowest BCUT2D eigenvalue weighted by Gasteiger charge is -2.19. The first-order valence-electron chi connectivity index (χ1n) is 4.74. The Hall–Kier alpha value is -0.380. The summed E-state index contributed by atoms with van der Waals surface area (Å²) in [6, 6.07) is 0. The molecule has 3 heteroatoms. The largest absolute Gasteiger partial charge is 0.342 e. The van der Waals surface area contributed by atoms with Crippen LogP contribution in [0.3, 0.4) is 0 Å². The van der Waals surface area contributed by atoms with Crippen LogP contribution < -0.4 is 0 Å². The predicted octanol–water partition coefficient (Wildman–Crippen LogP) is 1.83. The minimum atomic E-state index is -0.476. The Bertz CT molecular complexity index is 206. The summed E-state index contributed by atoms with van der Waals surface area (Å²) >= 11 is 0. The van der Waals surface area contributed by atoms with Crippen LogP contribution in [0.2, 0.25) is 0 Å². The summed E-state index contributed by atoms with van der Waals surface area (Å²) in [7, 11) is 0. The fourth-order valence-electron chi connectivity index (χ4n) is 1.87. The lowest BCUT2D eigenvalue weighted by atomic mass is 10.2. The molecule has 0 N–H and O–H groups in total. The molecule has 0 saturated carbocycles. The molecule has 3 atom stereocenters. The van der Waals surface area contributed by atoms with E-state index in [1.54, 1.807) is 0 Å². The third kappa shape index (κ3) is 1.77. The standard InChI is InChI=1S/C10H16O3/c1-4-5-7-6-8-9(11-7)13-10(2,3)12-8/h4-5,7-9H,6H2,1-3H3/b5-4+/t7-,8-,9?/m1/s1. The van der Waals surface area contributed by atoms with E-state index >= 15 is 0 Å². The molecule has 3 nitrogen and oxygen atoms in total. The number of fused-ring (bicyclic) bond motifs is 1. The lowest BCUT2D eigenvalue weighted by Crippen LogP contribution is -2.24. The van der Waals surface area contributed by atoms with E-state index in [1.165, 1.54) is 0 Å². The first-order valence-corrected chi connectivity index (χ1v) is 4.74. The maximum Gasteiger partial charge on any atom is 0.187 e. The van der Waals surface area contributed by atoms with Gasteiger partial charge >= 0.3 is 0 Å². The Balaban J connectivity index is 1.97. The van der Waals surface area contributed by atoms with Crippen LogP contribution in [0.15, 0.2) is 12.2 Å². The Morgan fingerprint density at radius 1 is 1.31 bits per heavy atom. The molecule has 0 aromatic heterocycles. The Labute approximate surface area is 78.7 Å². The molecule has 13 heavy (non-hydrogen) atoms. The predicted molar refractivity (Wildman–Crippen MR) is 48.1 cm³/mol. The Morgan fingerprint density at radius 3 is 2.69 bits per heavy atom. The van der Waals surface area contributed by atoms with E-state index in [2.05, 4.69) is 0 Å². The van der Waals surface area contributed by atoms with Crippen molar-refractivity contribution in [2.75, 3.05) is 0 Å². The van der Waals surface area contributed by atoms with Gasteiger partial charge in [-0.15, -0.1) is 0 Å². The monoisotopic (exact) mass is 184 g/mol. The van der Waals surface area contributed by atoms with Gasteiger partial charge in [-0.3, -0.25) is 0 Å². The number of hydrogen-bond donors (Lipinski definition) is 0. The fraction of sp³-hybridized carbons (Fsp3) is 0.800. The molecule has 0 amide bonds. The molecule has 0 aromatic rings. The highest BCUT2D eigenvalue weighted by atomic mass is 16.8. The summed E-state index contributed by atoms with van der Waals surface area (Å²) in [5.41, 5.74) is 0. The summed E-state index contributed by atoms with van der Waals surface area (Å²) in [6.07, 6.45) is 5.04. The van der Waals surface area contributed by atoms with Crippen molar-refractivity contribution in [3.63, 3.8) is 0 Å². The van der Waals surface area contributed by atoms with Gasteiger partial charge in [-0.2, -0.15) is 0 Å². The Kier molecular flexibility index (Phi) is 2.18. The normalized spacial score (nSPS) is 42.8. The molecule has 1 unspecified atom stereocenters. The zero-order valence-electron chi connectivity index (χ0n) is 8.32. The zero-order chi connectivity index (χ0) is 9.47. The van der Waals surface area contributed by atoms with Gasteiger partial charge in [-0.25, -0.2) is 0 Å². The van der Waals surface area contributed by atoms with Crippen LogP contribution in [-0.4, -0.2) is 24.3 Å². The van der Waals surface area contributed by atoms with E-state index in [9.17, 15) is 0 Å². The lowest BCUT2D eigenvalue weighted by molar-refractivity contribution is -0.200. The maximum atomic E-state index is 5.67. The van der Waals surface area contributed by atoms with Crippen molar-refractivity contribution in [2.24, 2.45) is 0 Å². The molecule has 2 aliphatic rings. The van der Waals surface area contributed by atoms with Crippen molar-refractivity contribution in [1.82, 2.24) is 0 Å². The van der Waals surface area contributed by atoms with E-state index < -0.39 is 5.79 Å². The number of hydrogen-bond acceptors (Lipinski definition) is 3. The smallest absolute Gasteiger partial charge is 0.187 e. The molecule has 74 valence electrons. The molecule has 0 spiro atoms. The number of allylic oxidation sites excluding steroid dienone is 1. The van der Waals surface area contributed by atoms with Crippen LogP contribution in [-0.2, 0) is 14.2 Å². The van der Waals surface area contributed by atoms with E-state index in [0.717, 1.165) is 6.42 Å². The van der Waals surface area contributed by atoms with Gasteiger partial charge in [0.2, 0.25) is 0 Å². The van der Waals surface area contributed by atoms with E-state index in [1.807, 2.05) is 32.9 Å². The van der Waals surface area contributed by atoms with Crippen molar-refractivity contribution in [2.45, 2.75) is 51.5 Å². The molecule has 2 saturated heterocycles. The van der Waals surface area contributed by atoms with Crippen LogP contribution in [0.5, 0.6) is 0 Å². The molecular formula is C10H16O3. The van der Waals surface area contributed by atoms with Crippen LogP contribution in [0.1, 0.15) is 27.2 Å². The van der Waals surface area contributed by atoms with Gasteiger partial charge < -0.3 is 14.2 Å². The average Bonchev–Trinajstić information content (AvgIpc) is 2.41. The van der Waals surface area contributed by atoms with E-state index in [0.29, 0.717) is 0 Å². The summed E-state index contributed by atoms with van der Waals surface area (Å²) < 4.78 is 16.9. The van der Waals surface area contributed by atoms with Crippen LogP contribution in [0.25, 0.3) is 0 Å². The van der Waals surface area contributed by atoms with Gasteiger partial charge in [0.05, 0.1) is 6.10 Å². The molecule has 2 fully saturated rings. The Morgan fingerprint density at radius 2 is 2.08 bits per heavy atom. The molecule has 0 radical (unpaired) electrons. The van der Waals surface area contributed by atoms with E-state index in [-0.39, 0.29) is 18.5 Å². The summed E-state index contributed by atoms with van der Waals surface area (Å²) in [5.74, 6) is -0.476. The fourth-order valence-corrected chi connectivity index (χ4v) is 1.87. The molecular weight excluding hydrogens is 168 g/mol. The van der Waals surface area contributed by atoms with Crippen LogP contribution in [0.4, 0.5) is 0 Å². The van der Waals surface area contributed by atoms with Crippen molar-refractivity contribution in [3.8, 4) is 0 Å². The number of rotatable bonds is 1. The summed E-state index contributed by atoms with van der Waals surface area (Å²) in [4.78, 5) is 0. The topological polar surface area (TPSA) is 27.7 Å². The van der Waals surface area contributed by atoms with Gasteiger partial charge in [0.1, 0.15) is 6.10 Å². The average molecular weight is 184 g/mol. The van der Waals surface area contributed by atoms with Crippen molar-refractivity contribution in [3.05, 3.63) is 12.2 Å². The summed E-state index contributed by atoms with van der Waals surface area (Å²) in [6.45, 7) is 5.82. The SMILES string of the molecule is C/C=C/[C@@H]1C[C@H]2OC(C)(C)OC2O1. The van der Waals surface area contributed by atoms with Crippen molar-refractivity contribution in [1.29, 1.82) is 0 Å². The zero-order valence-corrected chi connectivity index (χ0v) is 8.32. The third-order valence-corrected chi connectivity index (χ3v) is 2.32. The molecule has 2 rings (SSSR count). The van der Waals surface area contributed by atoms with E-state index in [4.69, 9.17) is 14.2 Å². The van der Waals surface area contributed by atoms with Crippen molar-refractivity contribution >= 4 is 0 Å². The second kappa shape index (κ2) is 3.08. The van der Waals surface area contributed by atoms with Gasteiger partial charge in [0, 0.05) is 6.42 Å². The first-order chi connectivity index (χ1) is 6.11. The van der Waals surface area contributed by atoms with Crippen LogP contribution >= 0.6 is 0 Å². The minimum Gasteiger partial charge on any atom is -0.342 e. The highest BCUT2D eigenvalue weighted by Gasteiger charge is 2.47. The molecule has 2 heterocycles. The molecule has 0 bridgehead atoms. The highest BCUT2D eigenvalue weighted by molar-refractivity contribution is 4.95. The third-order valence-electron chi connectivity index (χ3n) is 2.32. The van der Waals surface area contributed by atoms with Crippen LogP contribution in [0, 0.1) is 0 Å². The van der Waals surface area contributed by atoms with Gasteiger partial charge in [-0.05, 0) is 20.8 Å². The first kappa shape index (κ1) is 9.19. The van der Waals surface area contributed by atoms with Gasteiger partial charge in [-0.1, -0.05) is 12.2 Å². The number of ether oxygens (including phenoxy) is 3. The molecule has 2 aliphatic heterocycles. The second-order valence-electron chi connectivity index (χ2n) is 3.98. The van der Waals surface area contributed by atoms with Crippen molar-refractivity contribution < 1.29 is 14.2 Å². The van der Waals surface area contributed by atoms with Gasteiger partial charge in [0.15, 0.2) is 12.1 Å².